The van der Waals surface area contributed by atoms with Crippen molar-refractivity contribution >= 4 is 34.7 Å². The average molecular weight is 288 g/mol. The molecule has 6 nitrogen and oxygen atoms in total. The molecule has 3 heterocycles. The Morgan fingerprint density at radius 1 is 1.25 bits per heavy atom. The molecule has 20 heavy (non-hydrogen) atoms. The van der Waals surface area contributed by atoms with E-state index in [0.29, 0.717) is 17.0 Å². The highest BCUT2D eigenvalue weighted by Crippen LogP contribution is 2.11. The van der Waals surface area contributed by atoms with Gasteiger partial charge in [0.1, 0.15) is 11.3 Å². The van der Waals surface area contributed by atoms with Crippen molar-refractivity contribution in [3.8, 4) is 0 Å². The number of aromatic nitrogens is 4. The highest BCUT2D eigenvalue weighted by molar-refractivity contribution is 7.08. The number of hydrogen-bond donors (Lipinski definition) is 1. The summed E-state index contributed by atoms with van der Waals surface area (Å²) >= 11 is 1.61. The molecule has 3 rings (SSSR count). The van der Waals surface area contributed by atoms with E-state index < -0.39 is 0 Å². The first-order valence-electron chi connectivity index (χ1n) is 5.94. The van der Waals surface area contributed by atoms with Crippen LogP contribution in [-0.2, 0) is 14.1 Å². The van der Waals surface area contributed by atoms with Crippen LogP contribution < -0.4 is 11.2 Å². The molecule has 7 heteroatoms. The van der Waals surface area contributed by atoms with Gasteiger partial charge >= 0.3 is 5.69 Å². The number of fused-ring (bicyclic) bond motifs is 1. The molecule has 3 aromatic heterocycles. The molecule has 0 saturated carbocycles. The fourth-order valence-corrected chi connectivity index (χ4v) is 2.60. The second-order valence-corrected chi connectivity index (χ2v) is 5.20. The first-order valence-corrected chi connectivity index (χ1v) is 6.88. The van der Waals surface area contributed by atoms with Crippen molar-refractivity contribution in [3.05, 3.63) is 49.1 Å². The Bertz CT molecular complexity index is 912. The lowest BCUT2D eigenvalue weighted by atomic mass is 10.3. The number of nitrogens with zero attached hydrogens (tertiary/aromatic N) is 3. The standard InChI is InChI=1S/C13H12N4O2S/c1-16-11-10(12(18)17(2)13(16)19)14-9(15-11)4-3-8-5-6-20-7-8/h3-7H,1-2H3,(H,14,15)/b4-3+. The van der Waals surface area contributed by atoms with Crippen molar-refractivity contribution in [1.29, 1.82) is 0 Å². The maximum atomic E-state index is 12.0. The van der Waals surface area contributed by atoms with Crippen molar-refractivity contribution in [1.82, 2.24) is 19.1 Å². The number of thiophene rings is 1. The smallest absolute Gasteiger partial charge is 0.332 e. The highest BCUT2D eigenvalue weighted by atomic mass is 32.1. The molecule has 102 valence electrons. The van der Waals surface area contributed by atoms with Gasteiger partial charge in [-0.2, -0.15) is 11.3 Å². The largest absolute Gasteiger partial charge is 0.333 e. The summed E-state index contributed by atoms with van der Waals surface area (Å²) in [6.45, 7) is 0. The monoisotopic (exact) mass is 288 g/mol. The van der Waals surface area contributed by atoms with Gasteiger partial charge in [-0.1, -0.05) is 6.08 Å². The van der Waals surface area contributed by atoms with Gasteiger partial charge in [0, 0.05) is 14.1 Å². The number of imidazole rings is 1. The van der Waals surface area contributed by atoms with E-state index in [1.54, 1.807) is 24.5 Å². The molecule has 0 amide bonds. The number of H-pyrrole nitrogens is 1. The molecule has 0 atom stereocenters. The molecule has 0 aromatic carbocycles. The van der Waals surface area contributed by atoms with E-state index in [-0.39, 0.29) is 11.2 Å². The van der Waals surface area contributed by atoms with Crippen LogP contribution >= 0.6 is 11.3 Å². The Balaban J connectivity index is 2.17. The zero-order valence-electron chi connectivity index (χ0n) is 11.0. The highest BCUT2D eigenvalue weighted by Gasteiger charge is 2.11. The Morgan fingerprint density at radius 3 is 2.75 bits per heavy atom. The predicted molar refractivity (Wildman–Crippen MR) is 79.8 cm³/mol. The predicted octanol–water partition coefficient (Wildman–Crippen LogP) is 1.19. The van der Waals surface area contributed by atoms with Gasteiger partial charge in [-0.3, -0.25) is 13.9 Å². The molecule has 0 bridgehead atoms. The number of hydrogen-bond acceptors (Lipinski definition) is 4. The van der Waals surface area contributed by atoms with Crippen LogP contribution in [0.25, 0.3) is 23.3 Å². The topological polar surface area (TPSA) is 72.7 Å². The second-order valence-electron chi connectivity index (χ2n) is 4.42. The van der Waals surface area contributed by atoms with Crippen molar-refractivity contribution in [2.24, 2.45) is 14.1 Å². The quantitative estimate of drug-likeness (QED) is 0.770. The van der Waals surface area contributed by atoms with E-state index in [2.05, 4.69) is 9.97 Å². The summed E-state index contributed by atoms with van der Waals surface area (Å²) in [5, 5.41) is 3.99. The minimum absolute atomic E-state index is 0.333. The number of nitrogens with one attached hydrogen (secondary N) is 1. The molecule has 0 saturated heterocycles. The first-order chi connectivity index (χ1) is 9.58. The summed E-state index contributed by atoms with van der Waals surface area (Å²) in [6.07, 6.45) is 3.68. The van der Waals surface area contributed by atoms with Crippen molar-refractivity contribution in [2.45, 2.75) is 0 Å². The molecule has 0 spiro atoms. The summed E-state index contributed by atoms with van der Waals surface area (Å²) in [4.78, 5) is 31.0. The lowest BCUT2D eigenvalue weighted by molar-refractivity contribution is 0.709. The number of rotatable bonds is 2. The fraction of sp³-hybridized carbons (Fsp3) is 0.154. The maximum absolute atomic E-state index is 12.0. The van der Waals surface area contributed by atoms with Crippen LogP contribution in [0.1, 0.15) is 11.4 Å². The minimum Gasteiger partial charge on any atom is -0.333 e. The van der Waals surface area contributed by atoms with Crippen LogP contribution in [0, 0.1) is 0 Å². The molecule has 1 N–H and O–H groups in total. The van der Waals surface area contributed by atoms with Crippen LogP contribution in [0.15, 0.2) is 26.4 Å². The fourth-order valence-electron chi connectivity index (χ4n) is 1.97. The second kappa shape index (κ2) is 4.61. The van der Waals surface area contributed by atoms with Gasteiger partial charge in [-0.05, 0) is 28.5 Å². The molecular weight excluding hydrogens is 276 g/mol. The third-order valence-electron chi connectivity index (χ3n) is 3.09. The minimum atomic E-state index is -0.387. The van der Waals surface area contributed by atoms with E-state index in [4.69, 9.17) is 0 Å². The van der Waals surface area contributed by atoms with Gasteiger partial charge in [0.25, 0.3) is 5.56 Å². The molecule has 3 aromatic rings. The third kappa shape index (κ3) is 1.92. The van der Waals surface area contributed by atoms with Crippen molar-refractivity contribution in [2.75, 3.05) is 0 Å². The van der Waals surface area contributed by atoms with Crippen molar-refractivity contribution in [3.63, 3.8) is 0 Å². The van der Waals surface area contributed by atoms with Gasteiger partial charge in [0.2, 0.25) is 0 Å². The molecular formula is C13H12N4O2S. The first kappa shape index (κ1) is 12.6. The Morgan fingerprint density at radius 2 is 2.05 bits per heavy atom. The summed E-state index contributed by atoms with van der Waals surface area (Å²) in [7, 11) is 3.04. The normalized spacial score (nSPS) is 11.7. The van der Waals surface area contributed by atoms with Crippen LogP contribution in [0.2, 0.25) is 0 Å². The lowest BCUT2D eigenvalue weighted by Crippen LogP contribution is -2.36. The van der Waals surface area contributed by atoms with E-state index in [1.807, 2.05) is 22.9 Å². The summed E-state index contributed by atoms with van der Waals surface area (Å²) < 4.78 is 2.42. The van der Waals surface area contributed by atoms with Crippen LogP contribution in [0.4, 0.5) is 0 Å². The molecule has 0 fully saturated rings. The molecule has 0 unspecified atom stereocenters. The van der Waals surface area contributed by atoms with Gasteiger partial charge < -0.3 is 4.98 Å². The Labute approximate surface area is 117 Å². The zero-order chi connectivity index (χ0) is 14.3. The van der Waals surface area contributed by atoms with Crippen LogP contribution in [0.3, 0.4) is 0 Å². The third-order valence-corrected chi connectivity index (χ3v) is 3.79. The lowest BCUT2D eigenvalue weighted by Gasteiger charge is -2.00. The molecule has 0 aliphatic heterocycles. The Hall–Kier alpha value is -2.41. The van der Waals surface area contributed by atoms with E-state index in [9.17, 15) is 9.59 Å². The van der Waals surface area contributed by atoms with Crippen LogP contribution in [-0.4, -0.2) is 19.1 Å². The van der Waals surface area contributed by atoms with Crippen LogP contribution in [0.5, 0.6) is 0 Å². The Kier molecular flexibility index (Phi) is 2.90. The van der Waals surface area contributed by atoms with Gasteiger partial charge in [-0.25, -0.2) is 9.78 Å². The average Bonchev–Trinajstić information content (AvgIpc) is 3.09. The van der Waals surface area contributed by atoms with E-state index >= 15 is 0 Å². The summed E-state index contributed by atoms with van der Waals surface area (Å²) in [5.41, 5.74) is 1.01. The van der Waals surface area contributed by atoms with Gasteiger partial charge in [0.05, 0.1) is 0 Å². The van der Waals surface area contributed by atoms with Gasteiger partial charge in [0.15, 0.2) is 5.65 Å². The SMILES string of the molecule is Cn1c(=O)c2[nH]c(/C=C/c3ccsc3)nc2n(C)c1=O. The van der Waals surface area contributed by atoms with Crippen molar-refractivity contribution < 1.29 is 0 Å². The van der Waals surface area contributed by atoms with E-state index in [1.165, 1.54) is 11.6 Å². The molecule has 0 aliphatic carbocycles. The van der Waals surface area contributed by atoms with Gasteiger partial charge in [-0.15, -0.1) is 0 Å². The maximum Gasteiger partial charge on any atom is 0.332 e. The zero-order valence-corrected chi connectivity index (χ0v) is 11.8. The molecule has 0 radical (unpaired) electrons. The number of aryl methyl sites for hydroxylation is 1. The summed E-state index contributed by atoms with van der Waals surface area (Å²) in [5.74, 6) is 0.546. The molecule has 0 aliphatic rings. The number of aromatic amines is 1. The summed E-state index contributed by atoms with van der Waals surface area (Å²) in [6, 6.07) is 1.98. The van der Waals surface area contributed by atoms with E-state index in [0.717, 1.165) is 10.1 Å².